The lowest BCUT2D eigenvalue weighted by atomic mass is 9.90. The standard InChI is InChI=1S/C9H14N2O3/c12-9(13)8-5-7(11-14-8)6-1-3-10-4-2-6/h6,8,10H,1-5H2,(H,12,13). The van der Waals surface area contributed by atoms with Gasteiger partial charge in [0, 0.05) is 12.3 Å². The van der Waals surface area contributed by atoms with Crippen LogP contribution in [0.1, 0.15) is 19.3 Å². The summed E-state index contributed by atoms with van der Waals surface area (Å²) < 4.78 is 0. The molecule has 1 fully saturated rings. The molecule has 1 unspecified atom stereocenters. The SMILES string of the molecule is O=C(O)C1CC(C2CCNCC2)=NO1. The molecular weight excluding hydrogens is 184 g/mol. The number of nitrogens with zero attached hydrogens (tertiary/aromatic N) is 1. The normalized spacial score (nSPS) is 28.3. The second-order valence-corrected chi connectivity index (χ2v) is 3.74. The van der Waals surface area contributed by atoms with Crippen molar-refractivity contribution in [3.63, 3.8) is 0 Å². The molecule has 5 heteroatoms. The van der Waals surface area contributed by atoms with E-state index in [-0.39, 0.29) is 0 Å². The Morgan fingerprint density at radius 3 is 2.79 bits per heavy atom. The average molecular weight is 198 g/mol. The second kappa shape index (κ2) is 3.96. The van der Waals surface area contributed by atoms with E-state index in [1.807, 2.05) is 0 Å². The molecule has 0 spiro atoms. The minimum Gasteiger partial charge on any atom is -0.478 e. The Kier molecular flexibility index (Phi) is 2.67. The van der Waals surface area contributed by atoms with Crippen LogP contribution in [0.25, 0.3) is 0 Å². The summed E-state index contributed by atoms with van der Waals surface area (Å²) in [6.45, 7) is 1.98. The Labute approximate surface area is 82.1 Å². The maximum Gasteiger partial charge on any atom is 0.348 e. The summed E-state index contributed by atoms with van der Waals surface area (Å²) in [5.74, 6) is -0.502. The van der Waals surface area contributed by atoms with Gasteiger partial charge in [0.25, 0.3) is 0 Å². The first-order valence-electron chi connectivity index (χ1n) is 4.93. The zero-order chi connectivity index (χ0) is 9.97. The van der Waals surface area contributed by atoms with Crippen LogP contribution in [0.2, 0.25) is 0 Å². The number of carboxylic acids is 1. The van der Waals surface area contributed by atoms with Crippen molar-refractivity contribution in [1.29, 1.82) is 0 Å². The molecule has 1 atom stereocenters. The van der Waals surface area contributed by atoms with Gasteiger partial charge in [-0.25, -0.2) is 4.79 Å². The fraction of sp³-hybridized carbons (Fsp3) is 0.778. The van der Waals surface area contributed by atoms with Gasteiger partial charge in [-0.3, -0.25) is 0 Å². The summed E-state index contributed by atoms with van der Waals surface area (Å²) in [7, 11) is 0. The molecule has 78 valence electrons. The van der Waals surface area contributed by atoms with Crippen molar-refractivity contribution in [2.45, 2.75) is 25.4 Å². The minimum atomic E-state index is -0.919. The molecule has 0 amide bonds. The lowest BCUT2D eigenvalue weighted by Gasteiger charge is -2.21. The number of hydrogen-bond donors (Lipinski definition) is 2. The van der Waals surface area contributed by atoms with E-state index < -0.39 is 12.1 Å². The van der Waals surface area contributed by atoms with Gasteiger partial charge in [-0.05, 0) is 25.9 Å². The van der Waals surface area contributed by atoms with Crippen LogP contribution in [0.4, 0.5) is 0 Å². The highest BCUT2D eigenvalue weighted by Gasteiger charge is 2.32. The van der Waals surface area contributed by atoms with E-state index in [2.05, 4.69) is 10.5 Å². The fourth-order valence-electron chi connectivity index (χ4n) is 1.92. The third-order valence-electron chi connectivity index (χ3n) is 2.78. The van der Waals surface area contributed by atoms with Gasteiger partial charge in [0.15, 0.2) is 0 Å². The molecule has 1 saturated heterocycles. The minimum absolute atomic E-state index is 0.417. The molecule has 0 aromatic heterocycles. The summed E-state index contributed by atoms with van der Waals surface area (Å²) in [4.78, 5) is 15.5. The highest BCUT2D eigenvalue weighted by Crippen LogP contribution is 2.22. The van der Waals surface area contributed by atoms with Gasteiger partial charge in [-0.1, -0.05) is 5.16 Å². The van der Waals surface area contributed by atoms with Crippen LogP contribution in [0, 0.1) is 5.92 Å². The smallest absolute Gasteiger partial charge is 0.348 e. The molecular formula is C9H14N2O3. The predicted octanol–water partition coefficient (Wildman–Crippen LogP) is 0.216. The number of carboxylic acid groups (broad SMARTS) is 1. The summed E-state index contributed by atoms with van der Waals surface area (Å²) >= 11 is 0. The first-order valence-corrected chi connectivity index (χ1v) is 4.93. The van der Waals surface area contributed by atoms with Crippen LogP contribution < -0.4 is 5.32 Å². The van der Waals surface area contributed by atoms with Gasteiger partial charge in [-0.2, -0.15) is 0 Å². The Hall–Kier alpha value is -1.10. The number of carbonyl (C=O) groups is 1. The van der Waals surface area contributed by atoms with Crippen LogP contribution in [0.5, 0.6) is 0 Å². The maximum absolute atomic E-state index is 10.6. The zero-order valence-corrected chi connectivity index (χ0v) is 7.90. The quantitative estimate of drug-likeness (QED) is 0.665. The topological polar surface area (TPSA) is 70.9 Å². The van der Waals surface area contributed by atoms with Crippen molar-refractivity contribution in [2.24, 2.45) is 11.1 Å². The predicted molar refractivity (Wildman–Crippen MR) is 50.2 cm³/mol. The van der Waals surface area contributed by atoms with Crippen LogP contribution >= 0.6 is 0 Å². The van der Waals surface area contributed by atoms with E-state index in [9.17, 15) is 4.79 Å². The number of oxime groups is 1. The molecule has 2 heterocycles. The molecule has 5 nitrogen and oxygen atoms in total. The maximum atomic E-state index is 10.6. The fourth-order valence-corrected chi connectivity index (χ4v) is 1.92. The molecule has 0 aromatic carbocycles. The van der Waals surface area contributed by atoms with E-state index in [0.29, 0.717) is 12.3 Å². The molecule has 0 aromatic rings. The van der Waals surface area contributed by atoms with Gasteiger partial charge < -0.3 is 15.3 Å². The molecule has 0 bridgehead atoms. The average Bonchev–Trinajstić information content (AvgIpc) is 2.68. The Morgan fingerprint density at radius 1 is 1.50 bits per heavy atom. The van der Waals surface area contributed by atoms with Gasteiger partial charge >= 0.3 is 5.97 Å². The summed E-state index contributed by atoms with van der Waals surface area (Å²) in [5, 5.41) is 15.8. The van der Waals surface area contributed by atoms with E-state index >= 15 is 0 Å². The highest BCUT2D eigenvalue weighted by molar-refractivity contribution is 5.92. The molecule has 2 aliphatic rings. The number of piperidine rings is 1. The molecule has 0 saturated carbocycles. The molecule has 0 radical (unpaired) electrons. The molecule has 0 aliphatic carbocycles. The Morgan fingerprint density at radius 2 is 2.21 bits per heavy atom. The van der Waals surface area contributed by atoms with Crippen LogP contribution in [0.15, 0.2) is 5.16 Å². The Balaban J connectivity index is 1.90. The second-order valence-electron chi connectivity index (χ2n) is 3.74. The van der Waals surface area contributed by atoms with Crippen molar-refractivity contribution in [3.8, 4) is 0 Å². The van der Waals surface area contributed by atoms with Crippen molar-refractivity contribution < 1.29 is 14.7 Å². The van der Waals surface area contributed by atoms with Gasteiger partial charge in [-0.15, -0.1) is 0 Å². The van der Waals surface area contributed by atoms with Gasteiger partial charge in [0.05, 0.1) is 5.71 Å². The van der Waals surface area contributed by atoms with Gasteiger partial charge in [0.1, 0.15) is 0 Å². The molecule has 2 rings (SSSR count). The van der Waals surface area contributed by atoms with E-state index in [1.165, 1.54) is 0 Å². The van der Waals surface area contributed by atoms with E-state index in [4.69, 9.17) is 9.94 Å². The van der Waals surface area contributed by atoms with E-state index in [0.717, 1.165) is 31.6 Å². The molecule has 14 heavy (non-hydrogen) atoms. The lowest BCUT2D eigenvalue weighted by Crippen LogP contribution is -2.32. The summed E-state index contributed by atoms with van der Waals surface area (Å²) in [6.07, 6.45) is 1.78. The van der Waals surface area contributed by atoms with Crippen molar-refractivity contribution in [2.75, 3.05) is 13.1 Å². The van der Waals surface area contributed by atoms with Gasteiger partial charge in [0.2, 0.25) is 6.10 Å². The number of nitrogens with one attached hydrogen (secondary N) is 1. The number of aliphatic carboxylic acids is 1. The largest absolute Gasteiger partial charge is 0.478 e. The van der Waals surface area contributed by atoms with Crippen LogP contribution in [-0.2, 0) is 9.63 Å². The van der Waals surface area contributed by atoms with Crippen LogP contribution in [-0.4, -0.2) is 36.0 Å². The highest BCUT2D eigenvalue weighted by atomic mass is 16.7. The summed E-state index contributed by atoms with van der Waals surface area (Å²) in [6, 6.07) is 0. The number of rotatable bonds is 2. The van der Waals surface area contributed by atoms with Crippen molar-refractivity contribution >= 4 is 11.7 Å². The molecule has 2 aliphatic heterocycles. The zero-order valence-electron chi connectivity index (χ0n) is 7.90. The summed E-state index contributed by atoms with van der Waals surface area (Å²) in [5.41, 5.74) is 0.930. The first-order chi connectivity index (χ1) is 6.77. The molecule has 2 N–H and O–H groups in total. The number of hydrogen-bond acceptors (Lipinski definition) is 4. The Bertz CT molecular complexity index is 259. The van der Waals surface area contributed by atoms with E-state index in [1.54, 1.807) is 0 Å². The monoisotopic (exact) mass is 198 g/mol. The third kappa shape index (κ3) is 1.87. The van der Waals surface area contributed by atoms with Crippen molar-refractivity contribution in [3.05, 3.63) is 0 Å². The van der Waals surface area contributed by atoms with Crippen LogP contribution in [0.3, 0.4) is 0 Å². The third-order valence-corrected chi connectivity index (χ3v) is 2.78. The lowest BCUT2D eigenvalue weighted by molar-refractivity contribution is -0.148. The first kappa shape index (κ1) is 9.45. The van der Waals surface area contributed by atoms with Crippen molar-refractivity contribution in [1.82, 2.24) is 5.32 Å².